The molecule has 2 rings (SSSR count). The number of nitro groups is 1. The Hall–Kier alpha value is -2.60. The second-order valence-corrected chi connectivity index (χ2v) is 4.83. The minimum absolute atomic E-state index is 0.0437. The van der Waals surface area contributed by atoms with Gasteiger partial charge in [0.2, 0.25) is 0 Å². The molecule has 2 aromatic rings. The van der Waals surface area contributed by atoms with Crippen molar-refractivity contribution >= 4 is 5.69 Å². The maximum absolute atomic E-state index is 10.5. The molecule has 122 valence electrons. The summed E-state index contributed by atoms with van der Waals surface area (Å²) in [5, 5.41) is 10.5. The Kier molecular flexibility index (Phi) is 6.38. The highest BCUT2D eigenvalue weighted by Crippen LogP contribution is 2.17. The third-order valence-corrected chi connectivity index (χ3v) is 3.19. The van der Waals surface area contributed by atoms with Gasteiger partial charge in [-0.05, 0) is 36.2 Å². The highest BCUT2D eigenvalue weighted by Gasteiger charge is 2.04. The van der Waals surface area contributed by atoms with Crippen LogP contribution in [0.25, 0.3) is 0 Å². The van der Waals surface area contributed by atoms with Gasteiger partial charge in [0.05, 0.1) is 11.5 Å². The van der Waals surface area contributed by atoms with Crippen LogP contribution in [0.3, 0.4) is 0 Å². The molecule has 0 heterocycles. The Morgan fingerprint density at radius 2 is 1.39 bits per heavy atom. The number of hydrogen-bond acceptors (Lipinski definition) is 5. The van der Waals surface area contributed by atoms with Crippen LogP contribution >= 0.6 is 0 Å². The standard InChI is InChI=1S/C17H19NO5/c1-21-11-10-14-2-6-16(7-3-14)22-12-13-23-17-8-4-15(5-9-17)18(19)20/h2-9H,10-13H2,1H3. The zero-order valence-corrected chi connectivity index (χ0v) is 12.9. The van der Waals surface area contributed by atoms with E-state index in [1.54, 1.807) is 19.2 Å². The Balaban J connectivity index is 1.71. The molecule has 0 saturated heterocycles. The lowest BCUT2D eigenvalue weighted by atomic mass is 10.1. The van der Waals surface area contributed by atoms with Crippen molar-refractivity contribution in [1.29, 1.82) is 0 Å². The number of methoxy groups -OCH3 is 1. The molecular weight excluding hydrogens is 298 g/mol. The number of benzene rings is 2. The third kappa shape index (κ3) is 5.60. The Morgan fingerprint density at radius 3 is 1.87 bits per heavy atom. The van der Waals surface area contributed by atoms with Crippen LogP contribution in [-0.2, 0) is 11.2 Å². The molecule has 23 heavy (non-hydrogen) atoms. The highest BCUT2D eigenvalue weighted by molar-refractivity contribution is 5.36. The predicted octanol–water partition coefficient (Wildman–Crippen LogP) is 3.24. The number of nitro benzene ring substituents is 1. The molecule has 6 nitrogen and oxygen atoms in total. The normalized spacial score (nSPS) is 10.3. The van der Waals surface area contributed by atoms with E-state index in [-0.39, 0.29) is 5.69 Å². The molecule has 0 aliphatic heterocycles. The molecule has 0 aromatic heterocycles. The van der Waals surface area contributed by atoms with Gasteiger partial charge < -0.3 is 14.2 Å². The fourth-order valence-electron chi connectivity index (χ4n) is 1.96. The Labute approximate surface area is 134 Å². The zero-order valence-electron chi connectivity index (χ0n) is 12.9. The van der Waals surface area contributed by atoms with Crippen LogP contribution in [0.2, 0.25) is 0 Å². The monoisotopic (exact) mass is 317 g/mol. The van der Waals surface area contributed by atoms with E-state index in [2.05, 4.69) is 0 Å². The molecule has 0 radical (unpaired) electrons. The van der Waals surface area contributed by atoms with Gasteiger partial charge in [-0.15, -0.1) is 0 Å². The van der Waals surface area contributed by atoms with Crippen molar-refractivity contribution in [2.75, 3.05) is 26.9 Å². The fraction of sp³-hybridized carbons (Fsp3) is 0.294. The Morgan fingerprint density at radius 1 is 0.870 bits per heavy atom. The van der Waals surface area contributed by atoms with Crippen molar-refractivity contribution in [3.8, 4) is 11.5 Å². The van der Waals surface area contributed by atoms with E-state index in [0.717, 1.165) is 12.2 Å². The first kappa shape index (κ1) is 16.8. The van der Waals surface area contributed by atoms with Crippen LogP contribution in [0.4, 0.5) is 5.69 Å². The smallest absolute Gasteiger partial charge is 0.269 e. The summed E-state index contributed by atoms with van der Waals surface area (Å²) in [6.45, 7) is 1.46. The van der Waals surface area contributed by atoms with Gasteiger partial charge in [0.15, 0.2) is 0 Å². The first-order chi connectivity index (χ1) is 11.2. The van der Waals surface area contributed by atoms with Crippen molar-refractivity contribution in [3.63, 3.8) is 0 Å². The predicted molar refractivity (Wildman–Crippen MR) is 86.1 cm³/mol. The summed E-state index contributed by atoms with van der Waals surface area (Å²) in [7, 11) is 1.68. The molecular formula is C17H19NO5. The molecule has 0 unspecified atom stereocenters. The van der Waals surface area contributed by atoms with Crippen LogP contribution in [0, 0.1) is 10.1 Å². The summed E-state index contributed by atoms with van der Waals surface area (Å²) < 4.78 is 16.1. The minimum Gasteiger partial charge on any atom is -0.490 e. The molecule has 6 heteroatoms. The maximum atomic E-state index is 10.5. The van der Waals surface area contributed by atoms with E-state index in [1.165, 1.54) is 17.7 Å². The van der Waals surface area contributed by atoms with E-state index >= 15 is 0 Å². The lowest BCUT2D eigenvalue weighted by Crippen LogP contribution is -2.09. The maximum Gasteiger partial charge on any atom is 0.269 e. The molecule has 0 bridgehead atoms. The van der Waals surface area contributed by atoms with Crippen LogP contribution < -0.4 is 9.47 Å². The van der Waals surface area contributed by atoms with Crippen molar-refractivity contribution in [1.82, 2.24) is 0 Å². The molecule has 0 aliphatic rings. The molecule has 0 amide bonds. The first-order valence-corrected chi connectivity index (χ1v) is 7.27. The van der Waals surface area contributed by atoms with E-state index in [1.807, 2.05) is 24.3 Å². The summed E-state index contributed by atoms with van der Waals surface area (Å²) in [6.07, 6.45) is 0.875. The molecule has 0 fully saturated rings. The first-order valence-electron chi connectivity index (χ1n) is 7.27. The van der Waals surface area contributed by atoms with Gasteiger partial charge in [-0.2, -0.15) is 0 Å². The zero-order chi connectivity index (χ0) is 16.5. The van der Waals surface area contributed by atoms with E-state index in [9.17, 15) is 10.1 Å². The number of hydrogen-bond donors (Lipinski definition) is 0. The summed E-state index contributed by atoms with van der Waals surface area (Å²) in [5.41, 5.74) is 1.24. The second-order valence-electron chi connectivity index (χ2n) is 4.83. The summed E-state index contributed by atoms with van der Waals surface area (Å²) in [5.74, 6) is 1.35. The molecule has 2 aromatic carbocycles. The summed E-state index contributed by atoms with van der Waals surface area (Å²) in [6, 6.07) is 13.8. The summed E-state index contributed by atoms with van der Waals surface area (Å²) >= 11 is 0. The molecule has 0 aliphatic carbocycles. The molecule has 0 N–H and O–H groups in total. The highest BCUT2D eigenvalue weighted by atomic mass is 16.6. The summed E-state index contributed by atoms with van der Waals surface area (Å²) in [4.78, 5) is 10.1. The second kappa shape index (κ2) is 8.75. The van der Waals surface area contributed by atoms with Gasteiger partial charge in [0.25, 0.3) is 5.69 Å². The van der Waals surface area contributed by atoms with Gasteiger partial charge >= 0.3 is 0 Å². The largest absolute Gasteiger partial charge is 0.490 e. The SMILES string of the molecule is COCCc1ccc(OCCOc2ccc([N+](=O)[O-])cc2)cc1. The fourth-order valence-corrected chi connectivity index (χ4v) is 1.96. The molecule has 0 spiro atoms. The van der Waals surface area contributed by atoms with Crippen LogP contribution in [0.5, 0.6) is 11.5 Å². The lowest BCUT2D eigenvalue weighted by molar-refractivity contribution is -0.384. The number of ether oxygens (including phenoxy) is 3. The average molecular weight is 317 g/mol. The lowest BCUT2D eigenvalue weighted by Gasteiger charge is -2.09. The van der Waals surface area contributed by atoms with Crippen LogP contribution in [0.1, 0.15) is 5.56 Å². The number of rotatable bonds is 9. The van der Waals surface area contributed by atoms with Crippen molar-refractivity contribution in [2.24, 2.45) is 0 Å². The molecule has 0 saturated carbocycles. The van der Waals surface area contributed by atoms with E-state index in [0.29, 0.717) is 25.6 Å². The van der Waals surface area contributed by atoms with Crippen molar-refractivity contribution in [3.05, 3.63) is 64.2 Å². The van der Waals surface area contributed by atoms with Crippen molar-refractivity contribution < 1.29 is 19.1 Å². The minimum atomic E-state index is -0.441. The quantitative estimate of drug-likeness (QED) is 0.403. The molecule has 0 atom stereocenters. The third-order valence-electron chi connectivity index (χ3n) is 3.19. The number of non-ortho nitro benzene ring substituents is 1. The topological polar surface area (TPSA) is 70.8 Å². The average Bonchev–Trinajstić information content (AvgIpc) is 2.58. The van der Waals surface area contributed by atoms with E-state index < -0.39 is 4.92 Å². The Bertz CT molecular complexity index is 610. The van der Waals surface area contributed by atoms with Gasteiger partial charge in [-0.1, -0.05) is 12.1 Å². The van der Waals surface area contributed by atoms with Gasteiger partial charge in [0, 0.05) is 19.2 Å². The number of nitrogens with zero attached hydrogens (tertiary/aromatic N) is 1. The van der Waals surface area contributed by atoms with Crippen LogP contribution in [-0.4, -0.2) is 31.9 Å². The van der Waals surface area contributed by atoms with Crippen LogP contribution in [0.15, 0.2) is 48.5 Å². The van der Waals surface area contributed by atoms with Crippen molar-refractivity contribution in [2.45, 2.75) is 6.42 Å². The van der Waals surface area contributed by atoms with Gasteiger partial charge in [-0.3, -0.25) is 10.1 Å². The van der Waals surface area contributed by atoms with E-state index in [4.69, 9.17) is 14.2 Å². The van der Waals surface area contributed by atoms with Gasteiger partial charge in [-0.25, -0.2) is 0 Å². The van der Waals surface area contributed by atoms with Gasteiger partial charge in [0.1, 0.15) is 24.7 Å².